The van der Waals surface area contributed by atoms with Crippen LogP contribution in [0.25, 0.3) is 0 Å². The number of hydrogen-bond donors (Lipinski definition) is 1. The van der Waals surface area contributed by atoms with Gasteiger partial charge in [-0.05, 0) is 43.8 Å². The van der Waals surface area contributed by atoms with Gasteiger partial charge in [-0.25, -0.2) is 8.78 Å². The van der Waals surface area contributed by atoms with E-state index in [0.717, 1.165) is 6.07 Å². The summed E-state index contributed by atoms with van der Waals surface area (Å²) in [7, 11) is 0. The maximum Gasteiger partial charge on any atom is 0.250 e. The number of nitrogens with one attached hydrogen (secondary N) is 1. The van der Waals surface area contributed by atoms with Gasteiger partial charge in [0.1, 0.15) is 5.54 Å². The predicted molar refractivity (Wildman–Crippen MR) is 124 cm³/mol. The van der Waals surface area contributed by atoms with E-state index < -0.39 is 17.2 Å². The summed E-state index contributed by atoms with van der Waals surface area (Å²) in [6.07, 6.45) is 3.86. The van der Waals surface area contributed by atoms with Crippen molar-refractivity contribution in [3.8, 4) is 0 Å². The number of rotatable bonds is 6. The van der Waals surface area contributed by atoms with Gasteiger partial charge in [-0.3, -0.25) is 9.59 Å². The average Bonchev–Trinajstić information content (AvgIpc) is 3.19. The van der Waals surface area contributed by atoms with Crippen LogP contribution in [0.4, 0.5) is 14.5 Å². The lowest BCUT2D eigenvalue weighted by Gasteiger charge is -2.35. The van der Waals surface area contributed by atoms with Gasteiger partial charge in [0.05, 0.1) is 5.69 Å². The third kappa shape index (κ3) is 4.52. The van der Waals surface area contributed by atoms with E-state index in [-0.39, 0.29) is 29.4 Å². The highest BCUT2D eigenvalue weighted by molar-refractivity contribution is 6.31. The molecule has 168 valence electrons. The van der Waals surface area contributed by atoms with Gasteiger partial charge in [-0.15, -0.1) is 0 Å². The quantitative estimate of drug-likeness (QED) is 0.455. The van der Waals surface area contributed by atoms with Gasteiger partial charge in [-0.1, -0.05) is 60.1 Å². The monoisotopic (exact) mass is 466 g/mol. The molecule has 0 fully saturated rings. The first kappa shape index (κ1) is 22.7. The lowest BCUT2D eigenvalue weighted by molar-refractivity contribution is -0.125. The van der Waals surface area contributed by atoms with Crippen LogP contribution < -0.4 is 5.32 Å². The summed E-state index contributed by atoms with van der Waals surface area (Å²) >= 11 is 6.13. The molecule has 0 aromatic heterocycles. The average molecular weight is 467 g/mol. The standard InChI is InChI=1S/C26H21ClF2N2O2/c1-26(13-6-14-31(26)16-18-9-5-10-21(28)23(18)29)25(33)30-22-12-11-19(27)15-20(22)24(32)17-7-3-2-4-8-17/h2-12,14-15H,13,16H2,1H3,(H,30,33)/t26-/m1/s1. The fraction of sp³-hybridized carbons (Fsp3) is 0.154. The molecule has 4 nitrogen and oxygen atoms in total. The van der Waals surface area contributed by atoms with Crippen LogP contribution in [0.15, 0.2) is 79.0 Å². The summed E-state index contributed by atoms with van der Waals surface area (Å²) in [5, 5.41) is 3.21. The molecule has 0 spiro atoms. The number of carbonyl (C=O) groups is 2. The number of halogens is 3. The van der Waals surface area contributed by atoms with Gasteiger partial charge in [-0.2, -0.15) is 0 Å². The number of carbonyl (C=O) groups excluding carboxylic acids is 2. The highest BCUT2D eigenvalue weighted by Gasteiger charge is 2.40. The van der Waals surface area contributed by atoms with Crippen molar-refractivity contribution in [1.82, 2.24) is 4.90 Å². The molecule has 1 aliphatic heterocycles. The minimum atomic E-state index is -1.06. The molecule has 1 amide bonds. The van der Waals surface area contributed by atoms with E-state index in [1.165, 1.54) is 18.2 Å². The molecular formula is C26H21ClF2N2O2. The van der Waals surface area contributed by atoms with Gasteiger partial charge < -0.3 is 10.2 Å². The molecule has 1 atom stereocenters. The van der Waals surface area contributed by atoms with Crippen LogP contribution >= 0.6 is 11.6 Å². The van der Waals surface area contributed by atoms with E-state index in [9.17, 15) is 18.4 Å². The first-order chi connectivity index (χ1) is 15.8. The summed E-state index contributed by atoms with van der Waals surface area (Å²) in [6, 6.07) is 17.3. The Kier molecular flexibility index (Phi) is 6.29. The molecule has 0 saturated carbocycles. The molecule has 4 rings (SSSR count). The second-order valence-corrected chi connectivity index (χ2v) is 8.48. The lowest BCUT2D eigenvalue weighted by atomic mass is 9.95. The SMILES string of the molecule is C[C@]1(C(=O)Nc2ccc(Cl)cc2C(=O)c2ccccc2)CC=CN1Cc1cccc(F)c1F. The van der Waals surface area contributed by atoms with Gasteiger partial charge >= 0.3 is 0 Å². The van der Waals surface area contributed by atoms with Crippen molar-refractivity contribution >= 4 is 29.0 Å². The summed E-state index contributed by atoms with van der Waals surface area (Å²) in [4.78, 5) is 28.1. The minimum absolute atomic E-state index is 0.0143. The van der Waals surface area contributed by atoms with Crippen molar-refractivity contribution in [3.05, 3.63) is 112 Å². The number of nitrogens with zero attached hydrogens (tertiary/aromatic N) is 1. The van der Waals surface area contributed by atoms with Gasteiger partial charge in [0.15, 0.2) is 17.4 Å². The Morgan fingerprint density at radius 1 is 1.06 bits per heavy atom. The number of hydrogen-bond acceptors (Lipinski definition) is 3. The van der Waals surface area contributed by atoms with E-state index in [2.05, 4.69) is 5.32 Å². The molecule has 0 aliphatic carbocycles. The maximum absolute atomic E-state index is 14.2. The van der Waals surface area contributed by atoms with Crippen molar-refractivity contribution < 1.29 is 18.4 Å². The van der Waals surface area contributed by atoms with Crippen molar-refractivity contribution in [2.24, 2.45) is 0 Å². The molecule has 0 unspecified atom stereocenters. The van der Waals surface area contributed by atoms with E-state index in [1.54, 1.807) is 66.6 Å². The molecule has 1 N–H and O–H groups in total. The topological polar surface area (TPSA) is 49.4 Å². The minimum Gasteiger partial charge on any atom is -0.359 e. The Labute approximate surface area is 195 Å². The van der Waals surface area contributed by atoms with Crippen LogP contribution in [0.3, 0.4) is 0 Å². The Balaban J connectivity index is 1.60. The molecule has 7 heteroatoms. The van der Waals surface area contributed by atoms with Gasteiger partial charge in [0, 0.05) is 28.3 Å². The smallest absolute Gasteiger partial charge is 0.250 e. The Morgan fingerprint density at radius 3 is 2.58 bits per heavy atom. The van der Waals surface area contributed by atoms with Crippen LogP contribution in [0.5, 0.6) is 0 Å². The van der Waals surface area contributed by atoms with Crippen molar-refractivity contribution in [2.45, 2.75) is 25.4 Å². The molecule has 33 heavy (non-hydrogen) atoms. The van der Waals surface area contributed by atoms with Crippen molar-refractivity contribution in [1.29, 1.82) is 0 Å². The third-order valence-corrected chi connectivity index (χ3v) is 6.04. The van der Waals surface area contributed by atoms with Crippen molar-refractivity contribution in [3.63, 3.8) is 0 Å². The predicted octanol–water partition coefficient (Wildman–Crippen LogP) is 5.97. The van der Waals surface area contributed by atoms with Gasteiger partial charge in [0.25, 0.3) is 0 Å². The van der Waals surface area contributed by atoms with E-state index in [1.807, 2.05) is 0 Å². The fourth-order valence-electron chi connectivity index (χ4n) is 3.81. The van der Waals surface area contributed by atoms with E-state index >= 15 is 0 Å². The zero-order valence-corrected chi connectivity index (χ0v) is 18.6. The first-order valence-corrected chi connectivity index (χ1v) is 10.7. The maximum atomic E-state index is 14.2. The first-order valence-electron chi connectivity index (χ1n) is 10.4. The molecule has 3 aromatic carbocycles. The lowest BCUT2D eigenvalue weighted by Crippen LogP contribution is -2.49. The van der Waals surface area contributed by atoms with Crippen LogP contribution in [0, 0.1) is 11.6 Å². The number of ketones is 1. The highest BCUT2D eigenvalue weighted by Crippen LogP contribution is 2.32. The fourth-order valence-corrected chi connectivity index (χ4v) is 3.98. The van der Waals surface area contributed by atoms with E-state index in [4.69, 9.17) is 11.6 Å². The summed E-state index contributed by atoms with van der Waals surface area (Å²) in [6.45, 7) is 1.73. The summed E-state index contributed by atoms with van der Waals surface area (Å²) < 4.78 is 27.9. The Bertz CT molecular complexity index is 1250. The van der Waals surface area contributed by atoms with Crippen LogP contribution in [0.1, 0.15) is 34.8 Å². The Hall–Kier alpha value is -3.51. The molecule has 0 bridgehead atoms. The molecule has 1 heterocycles. The van der Waals surface area contributed by atoms with Crippen LogP contribution in [0.2, 0.25) is 5.02 Å². The molecule has 0 radical (unpaired) electrons. The molecule has 1 aliphatic rings. The second-order valence-electron chi connectivity index (χ2n) is 8.04. The molecule has 3 aromatic rings. The summed E-state index contributed by atoms with van der Waals surface area (Å²) in [5.74, 6) is -2.53. The molecular weight excluding hydrogens is 446 g/mol. The second kappa shape index (κ2) is 9.16. The number of benzene rings is 3. The van der Waals surface area contributed by atoms with E-state index in [0.29, 0.717) is 22.7 Å². The zero-order valence-electron chi connectivity index (χ0n) is 17.8. The normalized spacial score (nSPS) is 17.3. The zero-order chi connectivity index (χ0) is 23.6. The number of amides is 1. The van der Waals surface area contributed by atoms with Crippen LogP contribution in [-0.2, 0) is 11.3 Å². The number of anilines is 1. The third-order valence-electron chi connectivity index (χ3n) is 5.81. The molecule has 0 saturated heterocycles. The van der Waals surface area contributed by atoms with Gasteiger partial charge in [0.2, 0.25) is 5.91 Å². The Morgan fingerprint density at radius 2 is 1.82 bits per heavy atom. The highest BCUT2D eigenvalue weighted by atomic mass is 35.5. The van der Waals surface area contributed by atoms with Crippen molar-refractivity contribution in [2.75, 3.05) is 5.32 Å². The largest absolute Gasteiger partial charge is 0.359 e. The van der Waals surface area contributed by atoms with Crippen LogP contribution in [-0.4, -0.2) is 22.1 Å². The summed E-state index contributed by atoms with van der Waals surface area (Å²) in [5.41, 5.74) is 0.132.